The van der Waals surface area contributed by atoms with Gasteiger partial charge in [0.1, 0.15) is 48.2 Å². The van der Waals surface area contributed by atoms with Gasteiger partial charge < -0.3 is 65.6 Å². The van der Waals surface area contributed by atoms with Crippen LogP contribution in [-0.2, 0) is 65.3 Å². The average Bonchev–Trinajstić information content (AvgIpc) is 3.43. The number of anilines is 1. The third kappa shape index (κ3) is 28.7. The van der Waals surface area contributed by atoms with E-state index in [9.17, 15) is 33.6 Å². The largest absolute Gasteiger partial charge is 0.491 e. The van der Waals surface area contributed by atoms with Crippen LogP contribution in [-0.4, -0.2) is 160 Å². The first kappa shape index (κ1) is 67.9. The molecule has 440 valence electrons. The van der Waals surface area contributed by atoms with E-state index < -0.39 is 77.3 Å². The summed E-state index contributed by atoms with van der Waals surface area (Å²) in [6, 6.07) is 19.0. The summed E-state index contributed by atoms with van der Waals surface area (Å²) in [5.41, 5.74) is 1.18. The normalized spacial score (nSPS) is 13.0. The smallest absolute Gasteiger partial charge is 0.407 e. The molecule has 0 bridgehead atoms. The fraction of sp³-hybridized carbons (Fsp3) is 0.534. The first-order valence-corrected chi connectivity index (χ1v) is 29.7. The number of ether oxygens (including phenoxy) is 6. The lowest BCUT2D eigenvalue weighted by Crippen LogP contribution is -2.60. The van der Waals surface area contributed by atoms with E-state index in [-0.39, 0.29) is 50.0 Å². The van der Waals surface area contributed by atoms with Gasteiger partial charge in [0.15, 0.2) is 6.29 Å². The first-order chi connectivity index (χ1) is 38.5. The molecule has 0 radical (unpaired) electrons. The number of rotatable bonds is 39. The van der Waals surface area contributed by atoms with Crippen molar-refractivity contribution in [1.29, 1.82) is 0 Å². The van der Waals surface area contributed by atoms with Crippen LogP contribution in [0.25, 0.3) is 0 Å². The van der Waals surface area contributed by atoms with Gasteiger partial charge in [-0.3, -0.25) is 28.8 Å². The van der Waals surface area contributed by atoms with E-state index in [1.807, 2.05) is 26.0 Å². The van der Waals surface area contributed by atoms with Crippen LogP contribution in [0.2, 0.25) is 0 Å². The number of terminal acetylenes is 1. The molecule has 0 saturated carbocycles. The molecule has 3 rings (SSSR count). The van der Waals surface area contributed by atoms with Crippen molar-refractivity contribution in [2.45, 2.75) is 122 Å². The SMILES string of the molecule is C#CCC(=O)N[C@@H](Cc1ccccc1)C(=O)N[C@@H](CCCCNC(=O)OC(C)(C)C)C(=O)N[C@@H](Cc1ccccc1)C(=O)N[C@@H](CSC)C(=O)N[C@@H](CSC)C(=O)Nc1ccc(OCCOCCOCCC(OCC)OCC)cc1. The Bertz CT molecular complexity index is 2350. The Morgan fingerprint density at radius 3 is 1.60 bits per heavy atom. The van der Waals surface area contributed by atoms with Crippen LogP contribution < -0.4 is 42.0 Å². The Hall–Kier alpha value is -6.35. The summed E-state index contributed by atoms with van der Waals surface area (Å²) in [6.45, 7) is 12.3. The molecule has 7 amide bonds. The summed E-state index contributed by atoms with van der Waals surface area (Å²) >= 11 is 2.64. The lowest BCUT2D eigenvalue weighted by molar-refractivity contribution is -0.147. The Balaban J connectivity index is 1.72. The van der Waals surface area contributed by atoms with Crippen molar-refractivity contribution in [3.05, 3.63) is 96.1 Å². The zero-order valence-corrected chi connectivity index (χ0v) is 48.9. The molecule has 0 aliphatic heterocycles. The van der Waals surface area contributed by atoms with Crippen LogP contribution in [0.15, 0.2) is 84.9 Å². The molecular weight excluding hydrogens is 1070 g/mol. The molecule has 3 aromatic carbocycles. The highest BCUT2D eigenvalue weighted by atomic mass is 32.2. The maximum absolute atomic E-state index is 14.5. The number of amides is 7. The van der Waals surface area contributed by atoms with E-state index in [1.165, 1.54) is 23.5 Å². The predicted octanol–water partition coefficient (Wildman–Crippen LogP) is 5.18. The highest BCUT2D eigenvalue weighted by Gasteiger charge is 2.33. The van der Waals surface area contributed by atoms with Crippen molar-refractivity contribution in [3.63, 3.8) is 0 Å². The van der Waals surface area contributed by atoms with Gasteiger partial charge in [0.2, 0.25) is 35.4 Å². The fourth-order valence-corrected chi connectivity index (χ4v) is 8.80. The maximum Gasteiger partial charge on any atom is 0.407 e. The molecule has 0 aliphatic rings. The standard InChI is InChI=1S/C58H83N7O13S2/c1-9-20-50(66)61-46(37-41-21-14-12-15-22-41)53(68)62-45(25-18-19-31-59-57(72)78-58(4,5)6)52(67)63-47(38-42-23-16-13-17-24-42)54(69)64-49(40-80-8)56(71)65-48(39-79-7)55(70)60-43-26-28-44(29-27-43)77-36-35-74-34-33-73-32-30-51(75-10-2)76-11-3/h1,12-17,21-24,26-29,45-49,51H,10-11,18-20,25,30-40H2,2-8H3,(H,59,72)(H,60,70)(H,61,66)(H,62,68)(H,63,67)(H,64,69)(H,65,71)/t45-,46-,47-,48-,49-/m0/s1. The average molecular weight is 1150 g/mol. The summed E-state index contributed by atoms with van der Waals surface area (Å²) in [5, 5.41) is 19.5. The molecule has 0 heterocycles. The third-order valence-electron chi connectivity index (χ3n) is 11.5. The van der Waals surface area contributed by atoms with Crippen molar-refractivity contribution in [2.75, 3.05) is 82.1 Å². The molecule has 22 heteroatoms. The number of benzene rings is 3. The molecule has 20 nitrogen and oxygen atoms in total. The van der Waals surface area contributed by atoms with E-state index in [2.05, 4.69) is 43.1 Å². The van der Waals surface area contributed by atoms with Gasteiger partial charge in [-0.2, -0.15) is 23.5 Å². The van der Waals surface area contributed by atoms with Gasteiger partial charge >= 0.3 is 6.09 Å². The summed E-state index contributed by atoms with van der Waals surface area (Å²) in [5.74, 6) is -0.570. The van der Waals surface area contributed by atoms with Gasteiger partial charge in [0, 0.05) is 56.2 Å². The lowest BCUT2D eigenvalue weighted by Gasteiger charge is -2.27. The fourth-order valence-electron chi connectivity index (χ4n) is 7.66. The molecule has 0 unspecified atom stereocenters. The van der Waals surface area contributed by atoms with Crippen LogP contribution in [0.1, 0.15) is 77.8 Å². The summed E-state index contributed by atoms with van der Waals surface area (Å²) in [4.78, 5) is 96.0. The topological polar surface area (TPSA) is 259 Å². The van der Waals surface area contributed by atoms with E-state index >= 15 is 0 Å². The van der Waals surface area contributed by atoms with Gasteiger partial charge in [-0.05, 0) is 102 Å². The van der Waals surface area contributed by atoms with Crippen molar-refractivity contribution in [2.24, 2.45) is 0 Å². The van der Waals surface area contributed by atoms with Crippen molar-refractivity contribution < 1.29 is 62.0 Å². The summed E-state index contributed by atoms with van der Waals surface area (Å²) < 4.78 is 33.4. The number of nitrogens with one attached hydrogen (secondary N) is 7. The quantitative estimate of drug-likeness (QED) is 0.0221. The van der Waals surface area contributed by atoms with Gasteiger partial charge in [0.25, 0.3) is 0 Å². The molecule has 0 saturated heterocycles. The minimum absolute atomic E-state index is 0.00226. The number of carbonyl (C=O) groups is 7. The highest BCUT2D eigenvalue weighted by Crippen LogP contribution is 2.17. The van der Waals surface area contributed by atoms with E-state index in [1.54, 1.807) is 106 Å². The first-order valence-electron chi connectivity index (χ1n) is 26.9. The molecule has 0 aromatic heterocycles. The zero-order valence-electron chi connectivity index (χ0n) is 47.3. The second-order valence-corrected chi connectivity index (χ2v) is 21.0. The van der Waals surface area contributed by atoms with Crippen molar-refractivity contribution in [3.8, 4) is 18.1 Å². The van der Waals surface area contributed by atoms with Gasteiger partial charge in [-0.25, -0.2) is 4.79 Å². The molecular formula is C58H83N7O13S2. The zero-order chi connectivity index (χ0) is 58.5. The van der Waals surface area contributed by atoms with Crippen LogP contribution in [0.3, 0.4) is 0 Å². The molecule has 0 fully saturated rings. The number of unbranched alkanes of at least 4 members (excludes halogenated alkanes) is 1. The number of hydrogen-bond acceptors (Lipinski definition) is 15. The molecule has 5 atom stereocenters. The van der Waals surface area contributed by atoms with Crippen LogP contribution in [0.5, 0.6) is 5.75 Å². The molecule has 7 N–H and O–H groups in total. The number of thioether (sulfide) groups is 2. The van der Waals surface area contributed by atoms with Crippen LogP contribution >= 0.6 is 23.5 Å². The number of carbonyl (C=O) groups excluding carboxylic acids is 7. The van der Waals surface area contributed by atoms with Gasteiger partial charge in [-0.15, -0.1) is 6.42 Å². The second kappa shape index (κ2) is 39.1. The number of hydrogen-bond donors (Lipinski definition) is 7. The molecule has 3 aromatic rings. The Morgan fingerprint density at radius 1 is 0.575 bits per heavy atom. The Kier molecular flexibility index (Phi) is 33.2. The lowest BCUT2D eigenvalue weighted by atomic mass is 10.0. The molecule has 0 spiro atoms. The van der Waals surface area contributed by atoms with Gasteiger partial charge in [0.05, 0.1) is 32.8 Å². The van der Waals surface area contributed by atoms with E-state index in [0.717, 1.165) is 5.56 Å². The van der Waals surface area contributed by atoms with E-state index in [0.29, 0.717) is 82.5 Å². The predicted molar refractivity (Wildman–Crippen MR) is 312 cm³/mol. The molecule has 80 heavy (non-hydrogen) atoms. The minimum Gasteiger partial charge on any atom is -0.491 e. The minimum atomic E-state index is -1.26. The van der Waals surface area contributed by atoms with Crippen LogP contribution in [0, 0.1) is 12.3 Å². The Labute approximate surface area is 480 Å². The molecule has 0 aliphatic carbocycles. The van der Waals surface area contributed by atoms with E-state index in [4.69, 9.17) is 34.8 Å². The Morgan fingerprint density at radius 2 is 1.06 bits per heavy atom. The van der Waals surface area contributed by atoms with Crippen molar-refractivity contribution >= 4 is 70.7 Å². The van der Waals surface area contributed by atoms with Crippen molar-refractivity contribution in [1.82, 2.24) is 31.9 Å². The number of alkyl carbamates (subject to hydrolysis) is 1. The second-order valence-electron chi connectivity index (χ2n) is 19.2. The summed E-state index contributed by atoms with van der Waals surface area (Å²) in [6.07, 6.45) is 9.29. The highest BCUT2D eigenvalue weighted by molar-refractivity contribution is 7.98. The third-order valence-corrected chi connectivity index (χ3v) is 12.8. The van der Waals surface area contributed by atoms with Crippen LogP contribution in [0.4, 0.5) is 10.5 Å². The van der Waals surface area contributed by atoms with Gasteiger partial charge in [-0.1, -0.05) is 66.6 Å². The summed E-state index contributed by atoms with van der Waals surface area (Å²) in [7, 11) is 0. The maximum atomic E-state index is 14.5. The monoisotopic (exact) mass is 1150 g/mol.